The molecule has 3 N–H and O–H groups in total. The van der Waals surface area contributed by atoms with Gasteiger partial charge in [-0.2, -0.15) is 10.4 Å². The Bertz CT molecular complexity index is 1240. The molecule has 9 heteroatoms. The molecule has 2 bridgehead atoms. The van der Waals surface area contributed by atoms with Crippen molar-refractivity contribution in [1.29, 1.82) is 5.26 Å². The molecule has 0 aliphatic carbocycles. The first-order valence-corrected chi connectivity index (χ1v) is 9.81. The van der Waals surface area contributed by atoms with Gasteiger partial charge in [0.25, 0.3) is 0 Å². The number of rotatable bonds is 0. The summed E-state index contributed by atoms with van der Waals surface area (Å²) < 4.78 is 7.76. The molecule has 0 spiro atoms. The summed E-state index contributed by atoms with van der Waals surface area (Å²) in [6.07, 6.45) is 1.29. The molecule has 0 amide bonds. The summed E-state index contributed by atoms with van der Waals surface area (Å²) in [7, 11) is 5.50. The summed E-state index contributed by atoms with van der Waals surface area (Å²) in [5.41, 5.74) is 10.6. The van der Waals surface area contributed by atoms with Crippen molar-refractivity contribution in [2.75, 3.05) is 25.1 Å². The van der Waals surface area contributed by atoms with Crippen molar-refractivity contribution >= 4 is 23.3 Å². The summed E-state index contributed by atoms with van der Waals surface area (Å²) in [5, 5.41) is 17.6. The van der Waals surface area contributed by atoms with Crippen molar-refractivity contribution < 1.29 is 4.74 Å². The van der Waals surface area contributed by atoms with E-state index in [1.54, 1.807) is 19.3 Å². The largest absolute Gasteiger partial charge is 0.482 e. The number of aliphatic imine (C=N–C) groups is 1. The Morgan fingerprint density at radius 1 is 1.29 bits per heavy atom. The summed E-state index contributed by atoms with van der Waals surface area (Å²) >= 11 is 0. The smallest absolute Gasteiger partial charge is 0.204 e. The number of fused-ring (bicyclic) bond motifs is 5. The Morgan fingerprint density at radius 2 is 2.06 bits per heavy atom. The zero-order valence-corrected chi connectivity index (χ0v) is 18.1. The molecular weight excluding hydrogens is 392 g/mol. The van der Waals surface area contributed by atoms with E-state index < -0.39 is 0 Å². The number of nitrogens with one attached hydrogen (secondary N) is 1. The molecule has 3 heterocycles. The number of aryl methyl sites for hydroxylation is 2. The lowest BCUT2D eigenvalue weighted by molar-refractivity contribution is 0.228. The molecule has 158 valence electrons. The molecule has 0 radical (unpaired) electrons. The van der Waals surface area contributed by atoms with Crippen LogP contribution in [0.4, 0.5) is 17.3 Å². The normalized spacial score (nSPS) is 16.8. The van der Waals surface area contributed by atoms with Gasteiger partial charge in [0.05, 0.1) is 11.3 Å². The van der Waals surface area contributed by atoms with Gasteiger partial charge in [0, 0.05) is 38.5 Å². The van der Waals surface area contributed by atoms with Gasteiger partial charge < -0.3 is 20.7 Å². The van der Waals surface area contributed by atoms with E-state index in [9.17, 15) is 5.26 Å². The molecule has 0 fully saturated rings. The maximum atomic E-state index is 9.76. The van der Waals surface area contributed by atoms with Crippen LogP contribution >= 0.6 is 0 Å². The van der Waals surface area contributed by atoms with Crippen LogP contribution in [0, 0.1) is 18.3 Å². The summed E-state index contributed by atoms with van der Waals surface area (Å²) in [6.45, 7) is 3.97. The third-order valence-corrected chi connectivity index (χ3v) is 5.13. The number of nitriles is 1. The van der Waals surface area contributed by atoms with Crippen LogP contribution in [0.2, 0.25) is 0 Å². The lowest BCUT2D eigenvalue weighted by atomic mass is 10.0. The number of benzene rings is 1. The van der Waals surface area contributed by atoms with Crippen LogP contribution in [0.5, 0.6) is 5.75 Å². The SMILES string of the molecule is Cc1ccc2c(c1)[C@@H](C)Oc1cc(cnc1N)-c1c(nn(C)c1C#N)N/C(N(C)C)=N\2. The molecule has 2 aromatic heterocycles. The van der Waals surface area contributed by atoms with E-state index in [0.29, 0.717) is 34.3 Å². The van der Waals surface area contributed by atoms with Crippen LogP contribution in [-0.2, 0) is 7.05 Å². The second kappa shape index (κ2) is 7.65. The van der Waals surface area contributed by atoms with E-state index in [0.717, 1.165) is 16.8 Å². The van der Waals surface area contributed by atoms with Gasteiger partial charge in [0.1, 0.15) is 17.9 Å². The van der Waals surface area contributed by atoms with Crippen molar-refractivity contribution in [1.82, 2.24) is 19.7 Å². The monoisotopic (exact) mass is 416 g/mol. The highest BCUT2D eigenvalue weighted by molar-refractivity contribution is 5.98. The molecule has 1 aliphatic heterocycles. The highest BCUT2D eigenvalue weighted by atomic mass is 16.5. The van der Waals surface area contributed by atoms with Gasteiger partial charge in [-0.25, -0.2) is 9.98 Å². The fourth-order valence-corrected chi connectivity index (χ4v) is 3.51. The van der Waals surface area contributed by atoms with Gasteiger partial charge in [-0.1, -0.05) is 17.7 Å². The van der Waals surface area contributed by atoms with E-state index in [1.807, 2.05) is 45.0 Å². The maximum Gasteiger partial charge on any atom is 0.204 e. The Morgan fingerprint density at radius 3 is 2.77 bits per heavy atom. The average molecular weight is 416 g/mol. The predicted octanol–water partition coefficient (Wildman–Crippen LogP) is 3.36. The number of nitrogen functional groups attached to an aromatic ring is 1. The number of ether oxygens (including phenoxy) is 1. The lowest BCUT2D eigenvalue weighted by Gasteiger charge is -2.22. The Balaban J connectivity index is 2.03. The van der Waals surface area contributed by atoms with E-state index in [4.69, 9.17) is 15.5 Å². The minimum Gasteiger partial charge on any atom is -0.482 e. The van der Waals surface area contributed by atoms with Crippen molar-refractivity contribution in [2.45, 2.75) is 20.0 Å². The van der Waals surface area contributed by atoms with Crippen LogP contribution in [0.15, 0.2) is 35.5 Å². The first-order valence-electron chi connectivity index (χ1n) is 9.81. The van der Waals surface area contributed by atoms with Gasteiger partial charge in [0.15, 0.2) is 17.4 Å². The topological polar surface area (TPSA) is 117 Å². The van der Waals surface area contributed by atoms with Crippen LogP contribution in [0.3, 0.4) is 0 Å². The zero-order chi connectivity index (χ0) is 22.3. The van der Waals surface area contributed by atoms with Gasteiger partial charge in [0.2, 0.25) is 5.96 Å². The number of guanidine groups is 1. The third kappa shape index (κ3) is 3.64. The number of hydrogen-bond donors (Lipinski definition) is 2. The molecule has 3 aromatic rings. The molecule has 4 rings (SSSR count). The standard InChI is InChI=1S/C22H24N8O/c1-12-6-7-16-15(8-12)13(2)31-18-9-14(11-25-20(18)24)19-17(10-23)30(5)28-21(19)27-22(26-16)29(3)4/h6-9,11,13H,1-5H3,(H2,24,25)(H,26,27,28)/t13-/m1/s1. The van der Waals surface area contributed by atoms with Gasteiger partial charge in [-0.05, 0) is 26.0 Å². The minimum absolute atomic E-state index is 0.274. The molecule has 1 aliphatic rings. The van der Waals surface area contributed by atoms with E-state index >= 15 is 0 Å². The molecule has 0 unspecified atom stereocenters. The minimum atomic E-state index is -0.329. The second-order valence-corrected chi connectivity index (χ2v) is 7.69. The van der Waals surface area contributed by atoms with Gasteiger partial charge in [-0.3, -0.25) is 4.68 Å². The summed E-state index contributed by atoms with van der Waals surface area (Å²) in [6, 6.07) is 10.0. The van der Waals surface area contributed by atoms with Crippen LogP contribution in [-0.4, -0.2) is 39.7 Å². The lowest BCUT2D eigenvalue weighted by Crippen LogP contribution is -2.30. The number of hydrogen-bond acceptors (Lipinski definition) is 8. The first-order chi connectivity index (χ1) is 14.8. The van der Waals surface area contributed by atoms with Crippen molar-refractivity contribution in [3.8, 4) is 22.9 Å². The second-order valence-electron chi connectivity index (χ2n) is 7.69. The highest BCUT2D eigenvalue weighted by Crippen LogP contribution is 2.38. The predicted molar refractivity (Wildman–Crippen MR) is 120 cm³/mol. The summed E-state index contributed by atoms with van der Waals surface area (Å²) in [4.78, 5) is 11.0. The van der Waals surface area contributed by atoms with E-state index in [-0.39, 0.29) is 11.9 Å². The van der Waals surface area contributed by atoms with Crippen molar-refractivity contribution in [3.63, 3.8) is 0 Å². The fraction of sp³-hybridized carbons (Fsp3) is 0.273. The number of pyridine rings is 1. The van der Waals surface area contributed by atoms with Crippen LogP contribution in [0.25, 0.3) is 11.1 Å². The zero-order valence-electron chi connectivity index (χ0n) is 18.1. The van der Waals surface area contributed by atoms with Crippen molar-refractivity contribution in [2.24, 2.45) is 12.0 Å². The number of nitrogens with zero attached hydrogens (tertiary/aromatic N) is 6. The third-order valence-electron chi connectivity index (χ3n) is 5.13. The Kier molecular flexibility index (Phi) is 4.99. The quantitative estimate of drug-likeness (QED) is 0.577. The van der Waals surface area contributed by atoms with Gasteiger partial charge in [-0.15, -0.1) is 0 Å². The number of anilines is 2. The Hall–Kier alpha value is -4.06. The average Bonchev–Trinajstić information content (AvgIpc) is 3.04. The van der Waals surface area contributed by atoms with Crippen molar-refractivity contribution in [3.05, 3.63) is 47.3 Å². The maximum absolute atomic E-state index is 9.76. The molecule has 0 saturated heterocycles. The number of nitrogens with two attached hydrogens (primary N) is 1. The molecule has 31 heavy (non-hydrogen) atoms. The summed E-state index contributed by atoms with van der Waals surface area (Å²) in [5.74, 6) is 1.78. The Labute approximate surface area is 180 Å². The molecule has 1 aromatic carbocycles. The molecular formula is C22H24N8O. The van der Waals surface area contributed by atoms with E-state index in [2.05, 4.69) is 27.5 Å². The highest BCUT2D eigenvalue weighted by Gasteiger charge is 2.23. The van der Waals surface area contributed by atoms with Crippen LogP contribution in [0.1, 0.15) is 29.8 Å². The van der Waals surface area contributed by atoms with Crippen LogP contribution < -0.4 is 15.8 Å². The molecule has 1 atom stereocenters. The first kappa shape index (κ1) is 20.2. The fourth-order valence-electron chi connectivity index (χ4n) is 3.51. The molecule has 0 saturated carbocycles. The number of aromatic nitrogens is 3. The van der Waals surface area contributed by atoms with Gasteiger partial charge >= 0.3 is 0 Å². The molecule has 9 nitrogen and oxygen atoms in total. The van der Waals surface area contributed by atoms with E-state index in [1.165, 1.54) is 4.68 Å².